The fourth-order valence-electron chi connectivity index (χ4n) is 1.20. The molecule has 1 aromatic heterocycles. The highest BCUT2D eigenvalue weighted by Crippen LogP contribution is 2.13. The Bertz CT molecular complexity index is 296. The van der Waals surface area contributed by atoms with Crippen LogP contribution in [-0.2, 0) is 11.3 Å². The van der Waals surface area contributed by atoms with Crippen molar-refractivity contribution in [3.8, 4) is 5.88 Å². The Balaban J connectivity index is 2.49. The number of rotatable bonds is 5. The van der Waals surface area contributed by atoms with E-state index in [1.165, 1.54) is 6.92 Å². The predicted octanol–water partition coefficient (Wildman–Crippen LogP) is 2.59. The molecular weight excluding hydrogens is 246 g/mol. The number of alkyl halides is 1. The Morgan fingerprint density at radius 2 is 2.36 bits per heavy atom. The molecule has 0 aliphatic carbocycles. The van der Waals surface area contributed by atoms with Gasteiger partial charge < -0.3 is 9.30 Å². The van der Waals surface area contributed by atoms with Gasteiger partial charge in [0, 0.05) is 31.1 Å². The molecule has 1 rings (SSSR count). The van der Waals surface area contributed by atoms with Crippen molar-refractivity contribution in [1.82, 2.24) is 4.57 Å². The van der Waals surface area contributed by atoms with Gasteiger partial charge in [0.25, 0.3) is 0 Å². The third kappa shape index (κ3) is 3.54. The van der Waals surface area contributed by atoms with Gasteiger partial charge in [-0.15, -0.1) is 0 Å². The van der Waals surface area contributed by atoms with Gasteiger partial charge in [0.05, 0.1) is 0 Å². The molecule has 14 heavy (non-hydrogen) atoms. The van der Waals surface area contributed by atoms with Gasteiger partial charge >= 0.3 is 5.97 Å². The molecule has 1 heterocycles. The maximum Gasteiger partial charge on any atom is 0.309 e. The highest BCUT2D eigenvalue weighted by molar-refractivity contribution is 9.09. The van der Waals surface area contributed by atoms with E-state index in [0.29, 0.717) is 5.88 Å². The molecule has 0 bridgehead atoms. The number of halogens is 1. The molecule has 0 fully saturated rings. The van der Waals surface area contributed by atoms with E-state index in [1.54, 1.807) is 6.07 Å². The lowest BCUT2D eigenvalue weighted by Crippen LogP contribution is -2.07. The summed E-state index contributed by atoms with van der Waals surface area (Å²) < 4.78 is 6.98. The van der Waals surface area contributed by atoms with Crippen molar-refractivity contribution in [3.05, 3.63) is 18.3 Å². The second kappa shape index (κ2) is 5.86. The van der Waals surface area contributed by atoms with Crippen LogP contribution in [0.3, 0.4) is 0 Å². The molecule has 0 spiro atoms. The number of unbranched alkanes of at least 4 members (excludes halogenated alkanes) is 1. The first kappa shape index (κ1) is 11.3. The summed E-state index contributed by atoms with van der Waals surface area (Å²) >= 11 is 3.38. The molecular formula is C10H14BrNO2. The summed E-state index contributed by atoms with van der Waals surface area (Å²) in [6.07, 6.45) is 4.12. The van der Waals surface area contributed by atoms with E-state index >= 15 is 0 Å². The monoisotopic (exact) mass is 259 g/mol. The summed E-state index contributed by atoms with van der Waals surface area (Å²) in [4.78, 5) is 10.8. The smallest absolute Gasteiger partial charge is 0.309 e. The molecule has 4 heteroatoms. The molecule has 0 aliphatic heterocycles. The van der Waals surface area contributed by atoms with Crippen molar-refractivity contribution in [2.75, 3.05) is 5.33 Å². The maximum atomic E-state index is 10.8. The van der Waals surface area contributed by atoms with Crippen molar-refractivity contribution < 1.29 is 9.53 Å². The van der Waals surface area contributed by atoms with Gasteiger partial charge in [-0.3, -0.25) is 4.79 Å². The topological polar surface area (TPSA) is 31.2 Å². The average Bonchev–Trinajstić information content (AvgIpc) is 2.52. The third-order valence-electron chi connectivity index (χ3n) is 1.82. The van der Waals surface area contributed by atoms with E-state index in [1.807, 2.05) is 16.8 Å². The van der Waals surface area contributed by atoms with Crippen LogP contribution in [0.25, 0.3) is 0 Å². The number of hydrogen-bond donors (Lipinski definition) is 0. The zero-order chi connectivity index (χ0) is 10.4. The SMILES string of the molecule is CC(=O)Oc1cccn1CCCCBr. The number of hydrogen-bond acceptors (Lipinski definition) is 2. The van der Waals surface area contributed by atoms with Crippen LogP contribution in [0.2, 0.25) is 0 Å². The summed E-state index contributed by atoms with van der Waals surface area (Å²) in [7, 11) is 0. The minimum atomic E-state index is -0.273. The van der Waals surface area contributed by atoms with Gasteiger partial charge in [0.2, 0.25) is 5.88 Å². The lowest BCUT2D eigenvalue weighted by molar-refractivity contribution is -0.132. The Morgan fingerprint density at radius 1 is 1.57 bits per heavy atom. The minimum absolute atomic E-state index is 0.273. The normalized spacial score (nSPS) is 10.1. The number of carbonyl (C=O) groups excluding carboxylic acids is 1. The van der Waals surface area contributed by atoms with E-state index in [9.17, 15) is 4.79 Å². The quantitative estimate of drug-likeness (QED) is 0.463. The Kier molecular flexibility index (Phi) is 4.73. The zero-order valence-corrected chi connectivity index (χ0v) is 9.79. The van der Waals surface area contributed by atoms with E-state index in [2.05, 4.69) is 15.9 Å². The van der Waals surface area contributed by atoms with Crippen LogP contribution in [0.5, 0.6) is 5.88 Å². The van der Waals surface area contributed by atoms with Crippen LogP contribution in [0, 0.1) is 0 Å². The first-order valence-corrected chi connectivity index (χ1v) is 5.75. The van der Waals surface area contributed by atoms with Crippen molar-refractivity contribution >= 4 is 21.9 Å². The fourth-order valence-corrected chi connectivity index (χ4v) is 1.60. The van der Waals surface area contributed by atoms with Crippen LogP contribution in [0.4, 0.5) is 0 Å². The highest BCUT2D eigenvalue weighted by Gasteiger charge is 2.03. The second-order valence-electron chi connectivity index (χ2n) is 3.03. The van der Waals surface area contributed by atoms with E-state index < -0.39 is 0 Å². The average molecular weight is 260 g/mol. The molecule has 0 saturated carbocycles. The van der Waals surface area contributed by atoms with E-state index in [4.69, 9.17) is 4.74 Å². The molecule has 78 valence electrons. The van der Waals surface area contributed by atoms with Gasteiger partial charge in [-0.05, 0) is 18.9 Å². The number of carbonyl (C=O) groups is 1. The number of aromatic nitrogens is 1. The standard InChI is InChI=1S/C10H14BrNO2/c1-9(13)14-10-5-4-8-12(10)7-3-2-6-11/h4-5,8H,2-3,6-7H2,1H3. The molecule has 0 unspecified atom stereocenters. The van der Waals surface area contributed by atoms with Crippen molar-refractivity contribution in [2.45, 2.75) is 26.3 Å². The van der Waals surface area contributed by atoms with Crippen molar-refractivity contribution in [2.24, 2.45) is 0 Å². The van der Waals surface area contributed by atoms with Crippen LogP contribution < -0.4 is 4.74 Å². The van der Waals surface area contributed by atoms with E-state index in [-0.39, 0.29) is 5.97 Å². The van der Waals surface area contributed by atoms with Gasteiger partial charge in [-0.25, -0.2) is 0 Å². The summed E-state index contributed by atoms with van der Waals surface area (Å²) in [5.74, 6) is 0.359. The Morgan fingerprint density at radius 3 is 3.00 bits per heavy atom. The first-order valence-electron chi connectivity index (χ1n) is 4.63. The lowest BCUT2D eigenvalue weighted by Gasteiger charge is -2.07. The molecule has 0 saturated heterocycles. The summed E-state index contributed by atoms with van der Waals surface area (Å²) in [6, 6.07) is 3.68. The Hall–Kier alpha value is -0.770. The second-order valence-corrected chi connectivity index (χ2v) is 3.82. The molecule has 0 radical (unpaired) electrons. The number of aryl methyl sites for hydroxylation is 1. The van der Waals surface area contributed by atoms with Crippen LogP contribution in [0.15, 0.2) is 18.3 Å². The first-order chi connectivity index (χ1) is 6.74. The van der Waals surface area contributed by atoms with Gasteiger partial charge in [-0.2, -0.15) is 0 Å². The Labute approximate surface area is 92.2 Å². The van der Waals surface area contributed by atoms with Gasteiger partial charge in [-0.1, -0.05) is 15.9 Å². The van der Waals surface area contributed by atoms with Crippen molar-refractivity contribution in [3.63, 3.8) is 0 Å². The predicted molar refractivity (Wildman–Crippen MR) is 58.8 cm³/mol. The summed E-state index contributed by atoms with van der Waals surface area (Å²) in [5, 5.41) is 1.01. The zero-order valence-electron chi connectivity index (χ0n) is 8.20. The minimum Gasteiger partial charge on any atom is -0.410 e. The molecule has 0 aromatic carbocycles. The van der Waals surface area contributed by atoms with Crippen molar-refractivity contribution in [1.29, 1.82) is 0 Å². The molecule has 0 amide bonds. The number of ether oxygens (including phenoxy) is 1. The van der Waals surface area contributed by atoms with Gasteiger partial charge in [0.1, 0.15) is 0 Å². The molecule has 1 aromatic rings. The highest BCUT2D eigenvalue weighted by atomic mass is 79.9. The molecule has 0 aliphatic rings. The number of esters is 1. The number of nitrogens with zero attached hydrogens (tertiary/aromatic N) is 1. The molecule has 0 atom stereocenters. The molecule has 3 nitrogen and oxygen atoms in total. The summed E-state index contributed by atoms with van der Waals surface area (Å²) in [5.41, 5.74) is 0. The maximum absolute atomic E-state index is 10.8. The lowest BCUT2D eigenvalue weighted by atomic mass is 10.3. The van der Waals surface area contributed by atoms with E-state index in [0.717, 1.165) is 24.7 Å². The van der Waals surface area contributed by atoms with Crippen LogP contribution in [0.1, 0.15) is 19.8 Å². The third-order valence-corrected chi connectivity index (χ3v) is 2.38. The molecule has 0 N–H and O–H groups in total. The largest absolute Gasteiger partial charge is 0.410 e. The van der Waals surface area contributed by atoms with Gasteiger partial charge in [0.15, 0.2) is 0 Å². The van der Waals surface area contributed by atoms with Crippen LogP contribution >= 0.6 is 15.9 Å². The summed E-state index contributed by atoms with van der Waals surface area (Å²) in [6.45, 7) is 2.30. The van der Waals surface area contributed by atoms with Crippen LogP contribution in [-0.4, -0.2) is 15.9 Å². The fraction of sp³-hybridized carbons (Fsp3) is 0.500.